The van der Waals surface area contributed by atoms with Crippen molar-refractivity contribution in [3.8, 4) is 5.75 Å². The number of nitrogens with one attached hydrogen (secondary N) is 1. The van der Waals surface area contributed by atoms with Crippen LogP contribution in [0.5, 0.6) is 5.75 Å². The first-order chi connectivity index (χ1) is 8.60. The Hall–Kier alpha value is -1.81. The number of anilines is 1. The molecule has 0 saturated carbocycles. The molecule has 0 bridgehead atoms. The number of rotatable bonds is 3. The minimum atomic E-state index is -0.123. The third-order valence-corrected chi connectivity index (χ3v) is 3.12. The van der Waals surface area contributed by atoms with Crippen LogP contribution >= 0.6 is 0 Å². The van der Waals surface area contributed by atoms with Gasteiger partial charge in [0, 0.05) is 11.7 Å². The summed E-state index contributed by atoms with van der Waals surface area (Å²) in [7, 11) is 1.63. The van der Waals surface area contributed by atoms with Gasteiger partial charge in [-0.25, -0.2) is 0 Å². The maximum atomic E-state index is 12.0. The van der Waals surface area contributed by atoms with Crippen LogP contribution < -0.4 is 15.8 Å². The van der Waals surface area contributed by atoms with E-state index in [1.165, 1.54) is 0 Å². The average molecular weight is 246 g/mol. The Labute approximate surface area is 107 Å². The number of methoxy groups -OCH3 is 1. The molecule has 1 amide bonds. The van der Waals surface area contributed by atoms with Crippen molar-refractivity contribution in [3.05, 3.63) is 35.9 Å². The van der Waals surface area contributed by atoms with Crippen molar-refractivity contribution in [2.45, 2.75) is 19.4 Å². The summed E-state index contributed by atoms with van der Waals surface area (Å²) in [4.78, 5) is 12.0. The number of benzene rings is 1. The Morgan fingerprint density at radius 3 is 2.78 bits per heavy atom. The Balaban J connectivity index is 2.03. The van der Waals surface area contributed by atoms with E-state index in [0.717, 1.165) is 17.0 Å². The Morgan fingerprint density at radius 2 is 2.22 bits per heavy atom. The van der Waals surface area contributed by atoms with E-state index >= 15 is 0 Å². The van der Waals surface area contributed by atoms with Gasteiger partial charge in [-0.05, 0) is 37.1 Å². The van der Waals surface area contributed by atoms with Crippen molar-refractivity contribution >= 4 is 11.6 Å². The van der Waals surface area contributed by atoms with E-state index in [1.807, 2.05) is 37.3 Å². The Morgan fingerprint density at radius 1 is 1.44 bits per heavy atom. The lowest BCUT2D eigenvalue weighted by Crippen LogP contribution is -2.24. The fourth-order valence-electron chi connectivity index (χ4n) is 2.11. The van der Waals surface area contributed by atoms with Gasteiger partial charge in [-0.3, -0.25) is 4.79 Å². The lowest BCUT2D eigenvalue weighted by molar-refractivity contribution is -0.118. The zero-order chi connectivity index (χ0) is 13.1. The van der Waals surface area contributed by atoms with Crippen molar-refractivity contribution in [1.82, 2.24) is 0 Å². The highest BCUT2D eigenvalue weighted by Gasteiger charge is 2.22. The number of amides is 1. The number of hydrogen-bond donors (Lipinski definition) is 2. The Bertz CT molecular complexity index is 483. The molecule has 1 aliphatic rings. The SMILES string of the molecule is COc1ccc(NC(=O)C2C=CC(N)C2)cc1C. The summed E-state index contributed by atoms with van der Waals surface area (Å²) in [5, 5.41) is 2.90. The summed E-state index contributed by atoms with van der Waals surface area (Å²) in [6.45, 7) is 1.94. The Kier molecular flexibility index (Phi) is 3.67. The second-order valence-corrected chi connectivity index (χ2v) is 4.56. The highest BCUT2D eigenvalue weighted by Crippen LogP contribution is 2.23. The number of carbonyl (C=O) groups is 1. The highest BCUT2D eigenvalue weighted by molar-refractivity contribution is 5.94. The van der Waals surface area contributed by atoms with E-state index in [1.54, 1.807) is 7.11 Å². The molecule has 3 N–H and O–H groups in total. The van der Waals surface area contributed by atoms with Crippen LogP contribution in [0.1, 0.15) is 12.0 Å². The maximum Gasteiger partial charge on any atom is 0.231 e. The van der Waals surface area contributed by atoms with Gasteiger partial charge in [0.2, 0.25) is 5.91 Å². The van der Waals surface area contributed by atoms with Crippen LogP contribution in [0.3, 0.4) is 0 Å². The van der Waals surface area contributed by atoms with Gasteiger partial charge in [-0.15, -0.1) is 0 Å². The number of hydrogen-bond acceptors (Lipinski definition) is 3. The topological polar surface area (TPSA) is 64.3 Å². The lowest BCUT2D eigenvalue weighted by atomic mass is 10.1. The van der Waals surface area contributed by atoms with Crippen LogP contribution in [0.2, 0.25) is 0 Å². The molecule has 0 heterocycles. The molecule has 2 unspecified atom stereocenters. The molecule has 0 spiro atoms. The molecule has 4 nitrogen and oxygen atoms in total. The van der Waals surface area contributed by atoms with E-state index in [9.17, 15) is 4.79 Å². The average Bonchev–Trinajstić information content (AvgIpc) is 2.76. The van der Waals surface area contributed by atoms with Crippen molar-refractivity contribution in [2.75, 3.05) is 12.4 Å². The first-order valence-corrected chi connectivity index (χ1v) is 5.99. The van der Waals surface area contributed by atoms with Crippen molar-refractivity contribution in [2.24, 2.45) is 11.7 Å². The number of nitrogens with two attached hydrogens (primary N) is 1. The van der Waals surface area contributed by atoms with Crippen molar-refractivity contribution < 1.29 is 9.53 Å². The first-order valence-electron chi connectivity index (χ1n) is 5.99. The molecule has 18 heavy (non-hydrogen) atoms. The third kappa shape index (κ3) is 2.71. The predicted octanol–water partition coefficient (Wildman–Crippen LogP) is 1.85. The van der Waals surface area contributed by atoms with E-state index in [4.69, 9.17) is 10.5 Å². The van der Waals surface area contributed by atoms with Gasteiger partial charge in [0.25, 0.3) is 0 Å². The molecular formula is C14H18N2O2. The second-order valence-electron chi connectivity index (χ2n) is 4.56. The minimum absolute atomic E-state index is 0.00152. The maximum absolute atomic E-state index is 12.0. The van der Waals surface area contributed by atoms with Crippen LogP contribution in [-0.2, 0) is 4.79 Å². The standard InChI is InChI=1S/C14H18N2O2/c1-9-7-12(5-6-13(9)18-2)16-14(17)10-3-4-11(15)8-10/h3-7,10-11H,8,15H2,1-2H3,(H,16,17). The minimum Gasteiger partial charge on any atom is -0.496 e. The fraction of sp³-hybridized carbons (Fsp3) is 0.357. The fourth-order valence-corrected chi connectivity index (χ4v) is 2.11. The number of ether oxygens (including phenoxy) is 1. The van der Waals surface area contributed by atoms with Gasteiger partial charge in [-0.1, -0.05) is 12.2 Å². The zero-order valence-electron chi connectivity index (χ0n) is 10.6. The molecule has 1 aromatic rings. The largest absolute Gasteiger partial charge is 0.496 e. The molecule has 1 aromatic carbocycles. The monoisotopic (exact) mass is 246 g/mol. The molecule has 0 radical (unpaired) electrons. The molecule has 0 saturated heterocycles. The van der Waals surface area contributed by atoms with Gasteiger partial charge in [0.1, 0.15) is 5.75 Å². The molecule has 2 atom stereocenters. The van der Waals surface area contributed by atoms with E-state index < -0.39 is 0 Å². The van der Waals surface area contributed by atoms with Crippen molar-refractivity contribution in [1.29, 1.82) is 0 Å². The summed E-state index contributed by atoms with van der Waals surface area (Å²) < 4.78 is 5.18. The summed E-state index contributed by atoms with van der Waals surface area (Å²) in [6, 6.07) is 5.58. The molecule has 1 aliphatic carbocycles. The van der Waals surface area contributed by atoms with Gasteiger partial charge in [0.05, 0.1) is 13.0 Å². The summed E-state index contributed by atoms with van der Waals surface area (Å²) in [5.74, 6) is 0.682. The van der Waals surface area contributed by atoms with E-state index in [-0.39, 0.29) is 17.9 Å². The molecule has 4 heteroatoms. The number of aryl methyl sites for hydroxylation is 1. The summed E-state index contributed by atoms with van der Waals surface area (Å²) >= 11 is 0. The van der Waals surface area contributed by atoms with Crippen molar-refractivity contribution in [3.63, 3.8) is 0 Å². The molecule has 96 valence electrons. The van der Waals surface area contributed by atoms with Gasteiger partial charge in [0.15, 0.2) is 0 Å². The van der Waals surface area contributed by atoms with Crippen LogP contribution in [0, 0.1) is 12.8 Å². The van der Waals surface area contributed by atoms with Crippen LogP contribution in [0.25, 0.3) is 0 Å². The van der Waals surface area contributed by atoms with Gasteiger partial charge < -0.3 is 15.8 Å². The smallest absolute Gasteiger partial charge is 0.231 e. The van der Waals surface area contributed by atoms with Gasteiger partial charge >= 0.3 is 0 Å². The molecular weight excluding hydrogens is 228 g/mol. The highest BCUT2D eigenvalue weighted by atomic mass is 16.5. The zero-order valence-corrected chi connectivity index (χ0v) is 10.6. The first kappa shape index (κ1) is 12.6. The van der Waals surface area contributed by atoms with E-state index in [0.29, 0.717) is 6.42 Å². The molecule has 0 fully saturated rings. The molecule has 0 aromatic heterocycles. The predicted molar refractivity (Wildman–Crippen MR) is 71.6 cm³/mol. The summed E-state index contributed by atoms with van der Waals surface area (Å²) in [6.07, 6.45) is 4.43. The number of carbonyl (C=O) groups excluding carboxylic acids is 1. The quantitative estimate of drug-likeness (QED) is 0.800. The summed E-state index contributed by atoms with van der Waals surface area (Å²) in [5.41, 5.74) is 7.51. The lowest BCUT2D eigenvalue weighted by Gasteiger charge is -2.12. The third-order valence-electron chi connectivity index (χ3n) is 3.12. The molecule has 0 aliphatic heterocycles. The van der Waals surface area contributed by atoms with Gasteiger partial charge in [-0.2, -0.15) is 0 Å². The van der Waals surface area contributed by atoms with Crippen LogP contribution in [0.4, 0.5) is 5.69 Å². The normalized spacial score (nSPS) is 21.9. The second kappa shape index (κ2) is 5.23. The van der Waals surface area contributed by atoms with Crippen LogP contribution in [0.15, 0.2) is 30.4 Å². The van der Waals surface area contributed by atoms with E-state index in [2.05, 4.69) is 5.32 Å². The molecule has 2 rings (SSSR count). The van der Waals surface area contributed by atoms with Crippen LogP contribution in [-0.4, -0.2) is 19.1 Å².